The highest BCUT2D eigenvalue weighted by Crippen LogP contribution is 2.24. The normalized spacial score (nSPS) is 10.3. The fourth-order valence-corrected chi connectivity index (χ4v) is 1.41. The first-order chi connectivity index (χ1) is 7.16. The van der Waals surface area contributed by atoms with E-state index >= 15 is 0 Å². The van der Waals surface area contributed by atoms with Crippen molar-refractivity contribution in [2.24, 2.45) is 0 Å². The van der Waals surface area contributed by atoms with E-state index in [-0.39, 0.29) is 5.56 Å². The molecule has 0 saturated carbocycles. The fourth-order valence-electron chi connectivity index (χ4n) is 1.28. The van der Waals surface area contributed by atoms with Gasteiger partial charge in [-0.2, -0.15) is 0 Å². The van der Waals surface area contributed by atoms with Gasteiger partial charge in [0.15, 0.2) is 0 Å². The van der Waals surface area contributed by atoms with Crippen molar-refractivity contribution in [2.75, 3.05) is 0 Å². The van der Waals surface area contributed by atoms with Gasteiger partial charge < -0.3 is 0 Å². The number of halogens is 3. The number of benzene rings is 2. The summed E-state index contributed by atoms with van der Waals surface area (Å²) in [5.41, 5.74) is 0.866. The second kappa shape index (κ2) is 3.99. The zero-order valence-corrected chi connectivity index (χ0v) is 8.35. The van der Waals surface area contributed by atoms with Crippen molar-refractivity contribution in [3.05, 3.63) is 59.1 Å². The highest BCUT2D eigenvalue weighted by atomic mass is 35.5. The van der Waals surface area contributed by atoms with E-state index in [1.807, 2.05) is 0 Å². The number of rotatable bonds is 1. The van der Waals surface area contributed by atoms with Gasteiger partial charge in [0.05, 0.1) is 0 Å². The van der Waals surface area contributed by atoms with Crippen molar-refractivity contribution in [3.8, 4) is 11.1 Å². The van der Waals surface area contributed by atoms with Gasteiger partial charge in [-0.1, -0.05) is 23.7 Å². The summed E-state index contributed by atoms with van der Waals surface area (Å²) >= 11 is 5.70. The Kier molecular flexibility index (Phi) is 2.69. The van der Waals surface area contributed by atoms with Crippen LogP contribution in [0.25, 0.3) is 11.1 Å². The summed E-state index contributed by atoms with van der Waals surface area (Å²) in [6.45, 7) is 0. The van der Waals surface area contributed by atoms with Crippen molar-refractivity contribution in [1.82, 2.24) is 0 Å². The Bertz CT molecular complexity index is 477. The minimum Gasteiger partial charge on any atom is -0.207 e. The summed E-state index contributed by atoms with van der Waals surface area (Å²) < 4.78 is 26.0. The van der Waals surface area contributed by atoms with Crippen LogP contribution in [-0.2, 0) is 0 Å². The maximum atomic E-state index is 13.3. The molecular formula is C12H6ClF2. The van der Waals surface area contributed by atoms with Gasteiger partial charge in [-0.3, -0.25) is 0 Å². The number of hydrogen-bond donors (Lipinski definition) is 0. The van der Waals surface area contributed by atoms with Crippen LogP contribution in [-0.4, -0.2) is 0 Å². The monoisotopic (exact) mass is 223 g/mol. The average Bonchev–Trinajstić information content (AvgIpc) is 2.20. The Morgan fingerprint density at radius 1 is 1.07 bits per heavy atom. The van der Waals surface area contributed by atoms with Gasteiger partial charge in [0.1, 0.15) is 11.6 Å². The van der Waals surface area contributed by atoms with Crippen molar-refractivity contribution < 1.29 is 8.78 Å². The Morgan fingerprint density at radius 2 is 1.73 bits per heavy atom. The Labute approximate surface area is 91.1 Å². The van der Waals surface area contributed by atoms with E-state index in [1.54, 1.807) is 24.3 Å². The van der Waals surface area contributed by atoms with E-state index in [2.05, 4.69) is 6.07 Å². The van der Waals surface area contributed by atoms with Gasteiger partial charge in [0.2, 0.25) is 0 Å². The summed E-state index contributed by atoms with van der Waals surface area (Å²) in [7, 11) is 0. The maximum absolute atomic E-state index is 13.3. The first-order valence-corrected chi connectivity index (χ1v) is 4.67. The minimum absolute atomic E-state index is 0.244. The third kappa shape index (κ3) is 2.16. The van der Waals surface area contributed by atoms with E-state index < -0.39 is 11.6 Å². The van der Waals surface area contributed by atoms with Gasteiger partial charge in [0, 0.05) is 16.7 Å². The van der Waals surface area contributed by atoms with Crippen molar-refractivity contribution in [1.29, 1.82) is 0 Å². The molecule has 2 aromatic rings. The molecule has 0 amide bonds. The summed E-state index contributed by atoms with van der Waals surface area (Å²) in [5, 5.41) is 0.571. The third-order valence-corrected chi connectivity index (χ3v) is 2.24. The molecule has 15 heavy (non-hydrogen) atoms. The van der Waals surface area contributed by atoms with Crippen LogP contribution >= 0.6 is 11.6 Å². The molecule has 0 unspecified atom stereocenters. The van der Waals surface area contributed by atoms with Crippen molar-refractivity contribution in [2.45, 2.75) is 0 Å². The first-order valence-electron chi connectivity index (χ1n) is 4.29. The first kappa shape index (κ1) is 10.1. The van der Waals surface area contributed by atoms with Crippen molar-refractivity contribution in [3.63, 3.8) is 0 Å². The topological polar surface area (TPSA) is 0 Å². The molecule has 0 aliphatic heterocycles. The SMILES string of the molecule is Fc1c[c]c(-c2ccc(Cl)cc2)c(F)c1. The summed E-state index contributed by atoms with van der Waals surface area (Å²) in [4.78, 5) is 0. The van der Waals surface area contributed by atoms with Crippen LogP contribution in [0, 0.1) is 17.7 Å². The maximum Gasteiger partial charge on any atom is 0.134 e. The lowest BCUT2D eigenvalue weighted by Gasteiger charge is -2.02. The van der Waals surface area contributed by atoms with Crippen LogP contribution in [0.1, 0.15) is 0 Å². The quantitative estimate of drug-likeness (QED) is 0.683. The fraction of sp³-hybridized carbons (Fsp3) is 0. The molecule has 0 bridgehead atoms. The second-order valence-corrected chi connectivity index (χ2v) is 3.48. The summed E-state index contributed by atoms with van der Waals surface area (Å²) in [5.74, 6) is -1.26. The van der Waals surface area contributed by atoms with E-state index in [1.165, 1.54) is 0 Å². The highest BCUT2D eigenvalue weighted by molar-refractivity contribution is 6.30. The predicted octanol–water partition coefficient (Wildman–Crippen LogP) is 4.09. The largest absolute Gasteiger partial charge is 0.207 e. The standard InChI is InChI=1S/C12H6ClF2/c13-9-3-1-8(2-4-9)11-6-5-10(14)7-12(11)15/h1-5,7H. The van der Waals surface area contributed by atoms with Crippen LogP contribution in [0.2, 0.25) is 5.02 Å². The van der Waals surface area contributed by atoms with Crippen LogP contribution in [0.5, 0.6) is 0 Å². The van der Waals surface area contributed by atoms with E-state index in [0.29, 0.717) is 10.6 Å². The smallest absolute Gasteiger partial charge is 0.134 e. The molecule has 75 valence electrons. The van der Waals surface area contributed by atoms with Crippen molar-refractivity contribution >= 4 is 11.6 Å². The molecule has 0 nitrogen and oxygen atoms in total. The van der Waals surface area contributed by atoms with E-state index in [0.717, 1.165) is 12.1 Å². The minimum atomic E-state index is -0.634. The molecule has 3 heteroatoms. The van der Waals surface area contributed by atoms with Gasteiger partial charge >= 0.3 is 0 Å². The predicted molar refractivity (Wildman–Crippen MR) is 55.6 cm³/mol. The molecule has 0 fully saturated rings. The molecule has 0 heterocycles. The molecule has 1 radical (unpaired) electrons. The molecule has 2 rings (SSSR count). The zero-order valence-electron chi connectivity index (χ0n) is 7.60. The highest BCUT2D eigenvalue weighted by Gasteiger charge is 2.06. The van der Waals surface area contributed by atoms with E-state index in [4.69, 9.17) is 11.6 Å². The molecule has 0 aliphatic rings. The van der Waals surface area contributed by atoms with Crippen LogP contribution in [0.3, 0.4) is 0 Å². The zero-order chi connectivity index (χ0) is 10.8. The molecule has 0 aliphatic carbocycles. The molecule has 0 N–H and O–H groups in total. The molecule has 0 atom stereocenters. The van der Waals surface area contributed by atoms with Gasteiger partial charge in [-0.25, -0.2) is 8.78 Å². The second-order valence-electron chi connectivity index (χ2n) is 3.05. The van der Waals surface area contributed by atoms with Gasteiger partial charge in [-0.05, 0) is 29.8 Å². The van der Waals surface area contributed by atoms with E-state index in [9.17, 15) is 8.78 Å². The van der Waals surface area contributed by atoms with Gasteiger partial charge in [-0.15, -0.1) is 0 Å². The molecule has 0 aromatic heterocycles. The summed E-state index contributed by atoms with van der Waals surface area (Å²) in [6.07, 6.45) is 0. The Morgan fingerprint density at radius 3 is 2.33 bits per heavy atom. The molecule has 0 spiro atoms. The van der Waals surface area contributed by atoms with Gasteiger partial charge in [0.25, 0.3) is 0 Å². The lowest BCUT2D eigenvalue weighted by Crippen LogP contribution is -1.86. The molecular weight excluding hydrogens is 218 g/mol. The Balaban J connectivity index is 2.49. The lowest BCUT2D eigenvalue weighted by molar-refractivity contribution is 0.585. The molecule has 0 saturated heterocycles. The third-order valence-electron chi connectivity index (χ3n) is 1.99. The Hall–Kier alpha value is -1.41. The molecule has 2 aromatic carbocycles. The summed E-state index contributed by atoms with van der Waals surface area (Å²) in [6, 6.07) is 11.1. The van der Waals surface area contributed by atoms with Crippen LogP contribution in [0.15, 0.2) is 36.4 Å². The lowest BCUT2D eigenvalue weighted by atomic mass is 10.1. The average molecular weight is 224 g/mol. The van der Waals surface area contributed by atoms with Crippen LogP contribution in [0.4, 0.5) is 8.78 Å². The van der Waals surface area contributed by atoms with Crippen LogP contribution < -0.4 is 0 Å². The number of hydrogen-bond acceptors (Lipinski definition) is 0.